The summed E-state index contributed by atoms with van der Waals surface area (Å²) in [5.74, 6) is 0. The van der Waals surface area contributed by atoms with Gasteiger partial charge in [-0.25, -0.2) is 4.98 Å². The second kappa shape index (κ2) is 3.68. The second-order valence-electron chi connectivity index (χ2n) is 4.85. The maximum absolute atomic E-state index is 5.85. The van der Waals surface area contributed by atoms with Crippen LogP contribution < -0.4 is 5.32 Å². The van der Waals surface area contributed by atoms with Crippen molar-refractivity contribution in [1.29, 1.82) is 0 Å². The molecular formula is C13H14N2OS. The van der Waals surface area contributed by atoms with Crippen molar-refractivity contribution in [3.63, 3.8) is 0 Å². The van der Waals surface area contributed by atoms with E-state index in [4.69, 9.17) is 4.74 Å². The summed E-state index contributed by atoms with van der Waals surface area (Å²) in [7, 11) is 0. The highest BCUT2D eigenvalue weighted by atomic mass is 32.1. The molecule has 2 aliphatic heterocycles. The SMILES string of the molecule is c1ccc2sc(NC3CC4CCC3O4)nc2c1. The zero-order valence-corrected chi connectivity index (χ0v) is 10.2. The Morgan fingerprint density at radius 1 is 1.29 bits per heavy atom. The molecule has 4 rings (SSSR count). The fraction of sp³-hybridized carbons (Fsp3) is 0.462. The van der Waals surface area contributed by atoms with Gasteiger partial charge in [-0.15, -0.1) is 0 Å². The Morgan fingerprint density at radius 2 is 2.24 bits per heavy atom. The van der Waals surface area contributed by atoms with Crippen molar-refractivity contribution >= 4 is 26.7 Å². The van der Waals surface area contributed by atoms with Gasteiger partial charge >= 0.3 is 0 Å². The molecule has 0 radical (unpaired) electrons. The second-order valence-corrected chi connectivity index (χ2v) is 5.88. The number of aromatic nitrogens is 1. The molecule has 3 heterocycles. The normalized spacial score (nSPS) is 31.2. The molecule has 2 fully saturated rings. The van der Waals surface area contributed by atoms with Crippen molar-refractivity contribution in [2.75, 3.05) is 5.32 Å². The molecule has 1 aromatic carbocycles. The largest absolute Gasteiger partial charge is 0.373 e. The highest BCUT2D eigenvalue weighted by molar-refractivity contribution is 7.22. The van der Waals surface area contributed by atoms with Crippen LogP contribution in [0.1, 0.15) is 19.3 Å². The molecule has 2 aliphatic rings. The monoisotopic (exact) mass is 246 g/mol. The van der Waals surface area contributed by atoms with Crippen molar-refractivity contribution in [2.24, 2.45) is 0 Å². The minimum atomic E-state index is 0.409. The smallest absolute Gasteiger partial charge is 0.184 e. The van der Waals surface area contributed by atoms with Gasteiger partial charge in [-0.1, -0.05) is 23.5 Å². The van der Waals surface area contributed by atoms with E-state index in [0.29, 0.717) is 18.2 Å². The Balaban J connectivity index is 1.59. The topological polar surface area (TPSA) is 34.1 Å². The predicted molar refractivity (Wildman–Crippen MR) is 69.5 cm³/mol. The summed E-state index contributed by atoms with van der Waals surface area (Å²) >= 11 is 1.73. The van der Waals surface area contributed by atoms with Gasteiger partial charge in [0.25, 0.3) is 0 Å². The first-order valence-corrected chi connectivity index (χ1v) is 6.98. The Morgan fingerprint density at radius 3 is 3.00 bits per heavy atom. The fourth-order valence-corrected chi connectivity index (χ4v) is 3.81. The average molecular weight is 246 g/mol. The Kier molecular flexibility index (Phi) is 2.13. The van der Waals surface area contributed by atoms with E-state index in [0.717, 1.165) is 17.1 Å². The number of nitrogens with zero attached hydrogens (tertiary/aromatic N) is 1. The molecule has 3 unspecified atom stereocenters. The lowest BCUT2D eigenvalue weighted by atomic mass is 9.96. The molecule has 2 saturated heterocycles. The summed E-state index contributed by atoms with van der Waals surface area (Å²) in [6.45, 7) is 0. The zero-order valence-electron chi connectivity index (χ0n) is 9.43. The lowest BCUT2D eigenvalue weighted by Gasteiger charge is -2.19. The quantitative estimate of drug-likeness (QED) is 0.884. The van der Waals surface area contributed by atoms with Crippen LogP contribution in [-0.2, 0) is 4.74 Å². The van der Waals surface area contributed by atoms with Crippen LogP contribution in [0, 0.1) is 0 Å². The maximum Gasteiger partial charge on any atom is 0.184 e. The first-order chi connectivity index (χ1) is 8.38. The summed E-state index contributed by atoms with van der Waals surface area (Å²) in [4.78, 5) is 4.61. The number of hydrogen-bond donors (Lipinski definition) is 1. The molecule has 1 N–H and O–H groups in total. The van der Waals surface area contributed by atoms with Crippen molar-refractivity contribution in [3.8, 4) is 0 Å². The maximum atomic E-state index is 5.85. The number of rotatable bonds is 2. The molecule has 0 spiro atoms. The molecule has 0 saturated carbocycles. The summed E-state index contributed by atoms with van der Waals surface area (Å²) in [6, 6.07) is 8.75. The summed E-state index contributed by atoms with van der Waals surface area (Å²) in [5, 5.41) is 4.58. The number of benzene rings is 1. The first-order valence-electron chi connectivity index (χ1n) is 6.16. The van der Waals surface area contributed by atoms with E-state index in [1.165, 1.54) is 17.5 Å². The number of nitrogens with one attached hydrogen (secondary N) is 1. The van der Waals surface area contributed by atoms with Gasteiger partial charge in [-0.3, -0.25) is 0 Å². The van der Waals surface area contributed by atoms with E-state index >= 15 is 0 Å². The molecule has 0 aliphatic carbocycles. The minimum absolute atomic E-state index is 0.409. The molecule has 3 nitrogen and oxygen atoms in total. The van der Waals surface area contributed by atoms with Crippen molar-refractivity contribution < 1.29 is 4.74 Å². The fourth-order valence-electron chi connectivity index (χ4n) is 2.88. The molecule has 0 amide bonds. The molecule has 17 heavy (non-hydrogen) atoms. The molecule has 4 heteroatoms. The Labute approximate surface area is 104 Å². The minimum Gasteiger partial charge on any atom is -0.373 e. The van der Waals surface area contributed by atoms with Gasteiger partial charge in [-0.2, -0.15) is 0 Å². The van der Waals surface area contributed by atoms with Crippen LogP contribution in [0.5, 0.6) is 0 Å². The Hall–Kier alpha value is -1.13. The standard InChI is InChI=1S/C13H14N2OS/c1-2-4-12-9(3-1)14-13(17-12)15-10-7-8-5-6-11(10)16-8/h1-4,8,10-11H,5-7H2,(H,14,15). The lowest BCUT2D eigenvalue weighted by Crippen LogP contribution is -2.30. The number of fused-ring (bicyclic) bond motifs is 3. The number of para-hydroxylation sites is 1. The van der Waals surface area contributed by atoms with Crippen LogP contribution in [-0.4, -0.2) is 23.2 Å². The van der Waals surface area contributed by atoms with Crippen LogP contribution >= 0.6 is 11.3 Å². The van der Waals surface area contributed by atoms with Crippen LogP contribution in [0.25, 0.3) is 10.2 Å². The number of ether oxygens (including phenoxy) is 1. The molecular weight excluding hydrogens is 232 g/mol. The highest BCUT2D eigenvalue weighted by Gasteiger charge is 2.40. The van der Waals surface area contributed by atoms with Gasteiger partial charge < -0.3 is 10.1 Å². The zero-order chi connectivity index (χ0) is 11.2. The van der Waals surface area contributed by atoms with Crippen LogP contribution in [0.15, 0.2) is 24.3 Å². The van der Waals surface area contributed by atoms with E-state index in [-0.39, 0.29) is 0 Å². The lowest BCUT2D eigenvalue weighted by molar-refractivity contribution is 0.102. The summed E-state index contributed by atoms with van der Waals surface area (Å²) in [5.41, 5.74) is 1.09. The van der Waals surface area contributed by atoms with E-state index in [1.807, 2.05) is 6.07 Å². The first kappa shape index (κ1) is 9.85. The third kappa shape index (κ3) is 1.63. The van der Waals surface area contributed by atoms with Crippen molar-refractivity contribution in [2.45, 2.75) is 37.5 Å². The van der Waals surface area contributed by atoms with E-state index < -0.39 is 0 Å². The van der Waals surface area contributed by atoms with Crippen LogP contribution in [0.2, 0.25) is 0 Å². The van der Waals surface area contributed by atoms with E-state index in [1.54, 1.807) is 11.3 Å². The number of thiazole rings is 1. The summed E-state index contributed by atoms with van der Waals surface area (Å²) in [6.07, 6.45) is 4.48. The van der Waals surface area contributed by atoms with Gasteiger partial charge in [0.1, 0.15) is 0 Å². The average Bonchev–Trinajstić information content (AvgIpc) is 3.01. The van der Waals surface area contributed by atoms with Crippen LogP contribution in [0.4, 0.5) is 5.13 Å². The number of anilines is 1. The summed E-state index contributed by atoms with van der Waals surface area (Å²) < 4.78 is 7.09. The molecule has 88 valence electrons. The number of hydrogen-bond acceptors (Lipinski definition) is 4. The molecule has 2 bridgehead atoms. The van der Waals surface area contributed by atoms with Gasteiger partial charge in [0.05, 0.1) is 28.5 Å². The van der Waals surface area contributed by atoms with Crippen molar-refractivity contribution in [1.82, 2.24) is 4.98 Å². The molecule has 2 aromatic rings. The molecule has 1 aromatic heterocycles. The highest BCUT2D eigenvalue weighted by Crippen LogP contribution is 2.37. The van der Waals surface area contributed by atoms with Gasteiger partial charge in [-0.05, 0) is 31.4 Å². The van der Waals surface area contributed by atoms with Crippen molar-refractivity contribution in [3.05, 3.63) is 24.3 Å². The molecule has 3 atom stereocenters. The Bertz CT molecular complexity index is 520. The van der Waals surface area contributed by atoms with Crippen LogP contribution in [0.3, 0.4) is 0 Å². The third-order valence-electron chi connectivity index (χ3n) is 3.71. The van der Waals surface area contributed by atoms with Gasteiger partial charge in [0, 0.05) is 0 Å². The third-order valence-corrected chi connectivity index (χ3v) is 4.68. The van der Waals surface area contributed by atoms with E-state index in [9.17, 15) is 0 Å². The van der Waals surface area contributed by atoms with E-state index in [2.05, 4.69) is 28.5 Å². The van der Waals surface area contributed by atoms with Gasteiger partial charge in [0.2, 0.25) is 0 Å². The predicted octanol–water partition coefficient (Wildman–Crippen LogP) is 3.03. The van der Waals surface area contributed by atoms with Gasteiger partial charge in [0.15, 0.2) is 5.13 Å².